The van der Waals surface area contributed by atoms with E-state index in [9.17, 15) is 13.5 Å². The van der Waals surface area contributed by atoms with Crippen molar-refractivity contribution in [3.8, 4) is 5.75 Å². The van der Waals surface area contributed by atoms with Gasteiger partial charge in [0.1, 0.15) is 5.75 Å². The first-order chi connectivity index (χ1) is 9.79. The summed E-state index contributed by atoms with van der Waals surface area (Å²) in [7, 11) is -4.20. The Balaban J connectivity index is 2.28. The summed E-state index contributed by atoms with van der Waals surface area (Å²) in [5.74, 6) is 0.198. The average Bonchev–Trinajstić information content (AvgIpc) is 2.43. The lowest BCUT2D eigenvalue weighted by atomic mass is 10.1. The summed E-state index contributed by atoms with van der Waals surface area (Å²) in [4.78, 5) is -0.196. The quantitative estimate of drug-likeness (QED) is 0.667. The van der Waals surface area contributed by atoms with Crippen molar-refractivity contribution in [1.82, 2.24) is 0 Å². The Morgan fingerprint density at radius 1 is 0.905 bits per heavy atom. The van der Waals surface area contributed by atoms with E-state index in [0.29, 0.717) is 11.4 Å². The Morgan fingerprint density at radius 3 is 2.10 bits per heavy atom. The van der Waals surface area contributed by atoms with Gasteiger partial charge in [-0.25, -0.2) is 0 Å². The molecule has 0 amide bonds. The summed E-state index contributed by atoms with van der Waals surface area (Å²) in [5.41, 5.74) is 2.61. The molecular weight excluding hydrogens is 292 g/mol. The number of hydrogen-bond donors (Lipinski definition) is 2. The molecule has 2 aromatic carbocycles. The number of phenols is 1. The highest BCUT2D eigenvalue weighted by Gasteiger charge is 2.08. The first kappa shape index (κ1) is 15.1. The topological polar surface area (TPSA) is 99.3 Å². The molecule has 21 heavy (non-hydrogen) atoms. The van der Waals surface area contributed by atoms with Gasteiger partial charge in [0.05, 0.1) is 16.3 Å². The summed E-state index contributed by atoms with van der Waals surface area (Å²) < 4.78 is 30.7. The minimum atomic E-state index is -4.20. The highest BCUT2D eigenvalue weighted by molar-refractivity contribution is 7.85. The van der Waals surface area contributed by atoms with E-state index in [2.05, 4.69) is 10.2 Å². The molecule has 0 aromatic heterocycles. The summed E-state index contributed by atoms with van der Waals surface area (Å²) in [6, 6.07) is 8.56. The number of benzene rings is 2. The van der Waals surface area contributed by atoms with Crippen LogP contribution < -0.4 is 0 Å². The molecule has 2 N–H and O–H groups in total. The lowest BCUT2D eigenvalue weighted by Crippen LogP contribution is -1.96. The average molecular weight is 306 g/mol. The normalized spacial score (nSPS) is 12.0. The molecule has 0 fully saturated rings. The molecule has 0 bridgehead atoms. The third kappa shape index (κ3) is 3.45. The zero-order chi connectivity index (χ0) is 15.6. The molecule has 7 heteroatoms. The standard InChI is InChI=1S/C14H14N2O4S/c1-9-10(2)14(17)8-7-13(9)16-15-11-3-5-12(6-4-11)21(18,19)20/h3-8,17H,1-2H3,(H,18,19,20). The second kappa shape index (κ2) is 5.63. The molecule has 6 nitrogen and oxygen atoms in total. The van der Waals surface area contributed by atoms with Crippen LogP contribution in [0.4, 0.5) is 11.4 Å². The van der Waals surface area contributed by atoms with Crippen molar-refractivity contribution in [2.24, 2.45) is 10.2 Å². The highest BCUT2D eigenvalue weighted by atomic mass is 32.2. The van der Waals surface area contributed by atoms with Crippen molar-refractivity contribution < 1.29 is 18.1 Å². The number of nitrogens with zero attached hydrogens (tertiary/aromatic N) is 2. The molecule has 0 aliphatic heterocycles. The van der Waals surface area contributed by atoms with Gasteiger partial charge in [0.15, 0.2) is 0 Å². The molecule has 0 saturated heterocycles. The van der Waals surface area contributed by atoms with Crippen LogP contribution in [-0.2, 0) is 10.1 Å². The molecule has 2 aromatic rings. The van der Waals surface area contributed by atoms with Crippen LogP contribution in [0.2, 0.25) is 0 Å². The summed E-state index contributed by atoms with van der Waals surface area (Å²) in [6.07, 6.45) is 0. The van der Waals surface area contributed by atoms with Crippen LogP contribution in [0.5, 0.6) is 5.75 Å². The van der Waals surface area contributed by atoms with E-state index < -0.39 is 10.1 Å². The van der Waals surface area contributed by atoms with E-state index >= 15 is 0 Å². The number of phenolic OH excluding ortho intramolecular Hbond substituents is 1. The molecule has 0 saturated carbocycles. The molecule has 0 spiro atoms. The largest absolute Gasteiger partial charge is 0.508 e. The third-order valence-corrected chi connectivity index (χ3v) is 4.01. The van der Waals surface area contributed by atoms with Crippen molar-refractivity contribution in [1.29, 1.82) is 0 Å². The van der Waals surface area contributed by atoms with Gasteiger partial charge in [-0.05, 0) is 61.4 Å². The third-order valence-electron chi connectivity index (χ3n) is 3.14. The summed E-state index contributed by atoms with van der Waals surface area (Å²) in [5, 5.41) is 17.6. The van der Waals surface area contributed by atoms with Crippen molar-refractivity contribution >= 4 is 21.5 Å². The van der Waals surface area contributed by atoms with Crippen molar-refractivity contribution in [3.05, 3.63) is 47.5 Å². The van der Waals surface area contributed by atoms with Gasteiger partial charge >= 0.3 is 0 Å². The smallest absolute Gasteiger partial charge is 0.294 e. The maximum Gasteiger partial charge on any atom is 0.294 e. The highest BCUT2D eigenvalue weighted by Crippen LogP contribution is 2.29. The second-order valence-corrected chi connectivity index (χ2v) is 5.94. The first-order valence-electron chi connectivity index (χ1n) is 6.07. The van der Waals surface area contributed by atoms with Gasteiger partial charge in [-0.15, -0.1) is 0 Å². The van der Waals surface area contributed by atoms with Crippen LogP contribution in [0, 0.1) is 13.8 Å². The van der Waals surface area contributed by atoms with Gasteiger partial charge < -0.3 is 5.11 Å². The van der Waals surface area contributed by atoms with Crippen molar-refractivity contribution in [2.45, 2.75) is 18.7 Å². The van der Waals surface area contributed by atoms with Crippen LogP contribution in [0.15, 0.2) is 51.5 Å². The lowest BCUT2D eigenvalue weighted by Gasteiger charge is -2.05. The van der Waals surface area contributed by atoms with Crippen LogP contribution in [0.3, 0.4) is 0 Å². The summed E-state index contributed by atoms with van der Waals surface area (Å²) in [6.45, 7) is 3.61. The Morgan fingerprint density at radius 2 is 1.52 bits per heavy atom. The Kier molecular flexibility index (Phi) is 4.06. The summed E-state index contributed by atoms with van der Waals surface area (Å²) >= 11 is 0. The van der Waals surface area contributed by atoms with E-state index in [1.165, 1.54) is 30.3 Å². The van der Waals surface area contributed by atoms with E-state index in [-0.39, 0.29) is 10.6 Å². The Bertz CT molecular complexity index is 796. The molecule has 0 radical (unpaired) electrons. The van der Waals surface area contributed by atoms with Gasteiger partial charge in [-0.3, -0.25) is 4.55 Å². The van der Waals surface area contributed by atoms with Gasteiger partial charge in [-0.1, -0.05) is 0 Å². The molecule has 2 rings (SSSR count). The number of hydrogen-bond acceptors (Lipinski definition) is 5. The predicted molar refractivity (Wildman–Crippen MR) is 78.0 cm³/mol. The number of aromatic hydroxyl groups is 1. The lowest BCUT2D eigenvalue weighted by molar-refractivity contribution is 0.470. The Labute approximate surface area is 122 Å². The molecule has 110 valence electrons. The predicted octanol–water partition coefficient (Wildman–Crippen LogP) is 3.67. The zero-order valence-corrected chi connectivity index (χ0v) is 12.3. The maximum atomic E-state index is 10.9. The van der Waals surface area contributed by atoms with Crippen molar-refractivity contribution in [2.75, 3.05) is 0 Å². The van der Waals surface area contributed by atoms with E-state index in [1.54, 1.807) is 13.0 Å². The van der Waals surface area contributed by atoms with Crippen molar-refractivity contribution in [3.63, 3.8) is 0 Å². The SMILES string of the molecule is Cc1c(O)ccc(N=Nc2ccc(S(=O)(=O)O)cc2)c1C. The molecule has 0 heterocycles. The van der Waals surface area contributed by atoms with E-state index in [1.807, 2.05) is 6.92 Å². The Hall–Kier alpha value is -2.25. The molecule has 0 aliphatic carbocycles. The second-order valence-electron chi connectivity index (χ2n) is 4.52. The van der Waals surface area contributed by atoms with Crippen LogP contribution in [0.25, 0.3) is 0 Å². The minimum absolute atomic E-state index is 0.196. The maximum absolute atomic E-state index is 10.9. The van der Waals surface area contributed by atoms with E-state index in [0.717, 1.165) is 11.1 Å². The van der Waals surface area contributed by atoms with Crippen LogP contribution in [0.1, 0.15) is 11.1 Å². The minimum Gasteiger partial charge on any atom is -0.508 e. The van der Waals surface area contributed by atoms with Crippen LogP contribution in [-0.4, -0.2) is 18.1 Å². The molecule has 0 aliphatic rings. The first-order valence-corrected chi connectivity index (χ1v) is 7.51. The van der Waals surface area contributed by atoms with Crippen LogP contribution >= 0.6 is 0 Å². The van der Waals surface area contributed by atoms with Gasteiger partial charge in [-0.2, -0.15) is 18.6 Å². The number of azo groups is 1. The van der Waals surface area contributed by atoms with Gasteiger partial charge in [0, 0.05) is 0 Å². The van der Waals surface area contributed by atoms with Gasteiger partial charge in [0.2, 0.25) is 0 Å². The molecular formula is C14H14N2O4S. The fraction of sp³-hybridized carbons (Fsp3) is 0.143. The van der Waals surface area contributed by atoms with E-state index in [4.69, 9.17) is 4.55 Å². The zero-order valence-electron chi connectivity index (χ0n) is 11.5. The fourth-order valence-electron chi connectivity index (χ4n) is 1.70. The number of rotatable bonds is 3. The monoisotopic (exact) mass is 306 g/mol. The molecule has 0 unspecified atom stereocenters. The molecule has 0 atom stereocenters. The van der Waals surface area contributed by atoms with Gasteiger partial charge in [0.25, 0.3) is 10.1 Å². The fourth-order valence-corrected chi connectivity index (χ4v) is 2.18.